The van der Waals surface area contributed by atoms with Gasteiger partial charge in [-0.3, -0.25) is 4.79 Å². The molecule has 122 valence electrons. The van der Waals surface area contributed by atoms with Crippen LogP contribution < -0.4 is 5.32 Å². The van der Waals surface area contributed by atoms with E-state index in [0.717, 1.165) is 28.9 Å². The Morgan fingerprint density at radius 3 is 2.67 bits per heavy atom. The normalized spacial score (nSPS) is 10.6. The fourth-order valence-corrected chi connectivity index (χ4v) is 2.58. The number of hydrogen-bond acceptors (Lipinski definition) is 3. The molecule has 0 unspecified atom stereocenters. The summed E-state index contributed by atoms with van der Waals surface area (Å²) in [5.74, 6) is -0.207. The molecule has 1 heterocycles. The van der Waals surface area contributed by atoms with Crippen molar-refractivity contribution in [3.8, 4) is 5.69 Å². The molecule has 2 aromatic carbocycles. The van der Waals surface area contributed by atoms with Crippen LogP contribution in [-0.2, 0) is 6.42 Å². The van der Waals surface area contributed by atoms with Crippen LogP contribution in [0.25, 0.3) is 5.69 Å². The Hall–Kier alpha value is -2.66. The maximum absolute atomic E-state index is 12.5. The Balaban J connectivity index is 1.83. The van der Waals surface area contributed by atoms with Crippen LogP contribution in [0.3, 0.4) is 0 Å². The molecule has 0 bridgehead atoms. The minimum Gasteiger partial charge on any atom is -0.319 e. The smallest absolute Gasteiger partial charge is 0.295 e. The van der Waals surface area contributed by atoms with Crippen LogP contribution in [0.1, 0.15) is 28.7 Å². The molecule has 24 heavy (non-hydrogen) atoms. The molecule has 0 saturated carbocycles. The van der Waals surface area contributed by atoms with Crippen molar-refractivity contribution < 1.29 is 4.79 Å². The van der Waals surface area contributed by atoms with Gasteiger partial charge in [0.15, 0.2) is 0 Å². The Bertz CT molecular complexity index is 871. The van der Waals surface area contributed by atoms with Gasteiger partial charge in [0, 0.05) is 10.7 Å². The number of aromatic nitrogens is 3. The highest BCUT2D eigenvalue weighted by Gasteiger charge is 2.15. The van der Waals surface area contributed by atoms with Gasteiger partial charge in [-0.1, -0.05) is 36.7 Å². The van der Waals surface area contributed by atoms with E-state index >= 15 is 0 Å². The van der Waals surface area contributed by atoms with E-state index in [9.17, 15) is 4.79 Å². The van der Waals surface area contributed by atoms with Gasteiger partial charge in [0.2, 0.25) is 5.82 Å². The molecule has 6 heteroatoms. The lowest BCUT2D eigenvalue weighted by Crippen LogP contribution is -2.16. The van der Waals surface area contributed by atoms with Crippen molar-refractivity contribution in [3.05, 3.63) is 70.8 Å². The lowest BCUT2D eigenvalue weighted by atomic mass is 10.1. The molecule has 3 aromatic rings. The first-order valence-corrected chi connectivity index (χ1v) is 8.03. The van der Waals surface area contributed by atoms with E-state index in [1.54, 1.807) is 16.8 Å². The molecule has 0 spiro atoms. The molecule has 0 aliphatic rings. The first-order chi connectivity index (χ1) is 11.6. The predicted molar refractivity (Wildman–Crippen MR) is 94.9 cm³/mol. The maximum atomic E-state index is 12.5. The number of halogens is 1. The molecule has 0 fully saturated rings. The van der Waals surface area contributed by atoms with Crippen molar-refractivity contribution >= 4 is 23.2 Å². The van der Waals surface area contributed by atoms with Gasteiger partial charge in [-0.2, -0.15) is 0 Å². The van der Waals surface area contributed by atoms with E-state index in [-0.39, 0.29) is 11.7 Å². The predicted octanol–water partition coefficient (Wildman–Crippen LogP) is 4.04. The third-order valence-corrected chi connectivity index (χ3v) is 4.02. The van der Waals surface area contributed by atoms with Crippen molar-refractivity contribution in [3.63, 3.8) is 0 Å². The minimum atomic E-state index is -0.327. The van der Waals surface area contributed by atoms with Crippen molar-refractivity contribution in [1.82, 2.24) is 14.8 Å². The standard InChI is InChI=1S/C18H17ClN4O/c1-3-13-6-4-5-12(2)16(13)21-18(24)17-20-11-23(22-17)15-9-7-14(19)8-10-15/h4-11H,3H2,1-2H3,(H,21,24). The minimum absolute atomic E-state index is 0.121. The first-order valence-electron chi connectivity index (χ1n) is 7.66. The van der Waals surface area contributed by atoms with Crippen molar-refractivity contribution in [2.45, 2.75) is 20.3 Å². The van der Waals surface area contributed by atoms with E-state index in [2.05, 4.69) is 22.3 Å². The summed E-state index contributed by atoms with van der Waals surface area (Å²) in [5, 5.41) is 7.81. The van der Waals surface area contributed by atoms with E-state index in [1.807, 2.05) is 37.3 Å². The van der Waals surface area contributed by atoms with E-state index in [1.165, 1.54) is 6.33 Å². The lowest BCUT2D eigenvalue weighted by Gasteiger charge is -2.11. The van der Waals surface area contributed by atoms with Crippen LogP contribution in [0.2, 0.25) is 5.02 Å². The highest BCUT2D eigenvalue weighted by atomic mass is 35.5. The molecule has 0 aliphatic carbocycles. The maximum Gasteiger partial charge on any atom is 0.295 e. The van der Waals surface area contributed by atoms with Gasteiger partial charge in [0.05, 0.1) is 5.69 Å². The number of amides is 1. The molecule has 1 aromatic heterocycles. The molecule has 0 aliphatic heterocycles. The average molecular weight is 341 g/mol. The Morgan fingerprint density at radius 2 is 1.96 bits per heavy atom. The first kappa shape index (κ1) is 16.2. The van der Waals surface area contributed by atoms with Crippen LogP contribution in [0.5, 0.6) is 0 Å². The number of anilines is 1. The zero-order valence-electron chi connectivity index (χ0n) is 13.5. The lowest BCUT2D eigenvalue weighted by molar-refractivity contribution is 0.101. The number of carbonyl (C=O) groups excluding carboxylic acids is 1. The number of para-hydroxylation sites is 1. The zero-order valence-corrected chi connectivity index (χ0v) is 14.2. The van der Waals surface area contributed by atoms with E-state index in [0.29, 0.717) is 5.02 Å². The third-order valence-electron chi connectivity index (χ3n) is 3.76. The number of hydrogen-bond donors (Lipinski definition) is 1. The van der Waals surface area contributed by atoms with Gasteiger partial charge in [0.1, 0.15) is 6.33 Å². The van der Waals surface area contributed by atoms with Crippen LogP contribution in [-0.4, -0.2) is 20.7 Å². The van der Waals surface area contributed by atoms with Gasteiger partial charge in [-0.15, -0.1) is 5.10 Å². The summed E-state index contributed by atoms with van der Waals surface area (Å²) in [6, 6.07) is 13.1. The number of nitrogens with zero attached hydrogens (tertiary/aromatic N) is 3. The number of carbonyl (C=O) groups is 1. The quantitative estimate of drug-likeness (QED) is 0.779. The molecule has 1 amide bonds. The topological polar surface area (TPSA) is 59.8 Å². The van der Waals surface area contributed by atoms with Gasteiger partial charge in [-0.25, -0.2) is 9.67 Å². The molecule has 0 radical (unpaired) electrons. The van der Waals surface area contributed by atoms with Crippen molar-refractivity contribution in [2.24, 2.45) is 0 Å². The largest absolute Gasteiger partial charge is 0.319 e. The fourth-order valence-electron chi connectivity index (χ4n) is 2.46. The van der Waals surface area contributed by atoms with Gasteiger partial charge < -0.3 is 5.32 Å². The summed E-state index contributed by atoms with van der Waals surface area (Å²) < 4.78 is 1.55. The van der Waals surface area contributed by atoms with Gasteiger partial charge in [-0.05, 0) is 48.7 Å². The summed E-state index contributed by atoms with van der Waals surface area (Å²) in [6.45, 7) is 4.02. The van der Waals surface area contributed by atoms with Crippen molar-refractivity contribution in [1.29, 1.82) is 0 Å². The zero-order chi connectivity index (χ0) is 17.1. The number of nitrogens with one attached hydrogen (secondary N) is 1. The van der Waals surface area contributed by atoms with Crippen LogP contribution in [0.4, 0.5) is 5.69 Å². The monoisotopic (exact) mass is 340 g/mol. The molecule has 0 saturated heterocycles. The molecule has 0 atom stereocenters. The Morgan fingerprint density at radius 1 is 1.21 bits per heavy atom. The van der Waals surface area contributed by atoms with Crippen molar-refractivity contribution in [2.75, 3.05) is 5.32 Å². The number of benzene rings is 2. The molecular formula is C18H17ClN4O. The summed E-state index contributed by atoms with van der Waals surface area (Å²) in [6.07, 6.45) is 2.35. The summed E-state index contributed by atoms with van der Waals surface area (Å²) in [7, 11) is 0. The fraction of sp³-hybridized carbons (Fsp3) is 0.167. The van der Waals surface area contributed by atoms with Crippen LogP contribution in [0, 0.1) is 6.92 Å². The van der Waals surface area contributed by atoms with Gasteiger partial charge >= 0.3 is 0 Å². The highest BCUT2D eigenvalue weighted by molar-refractivity contribution is 6.30. The number of rotatable bonds is 4. The SMILES string of the molecule is CCc1cccc(C)c1NC(=O)c1ncn(-c2ccc(Cl)cc2)n1. The Kier molecular flexibility index (Phi) is 4.62. The van der Waals surface area contributed by atoms with E-state index in [4.69, 9.17) is 11.6 Å². The highest BCUT2D eigenvalue weighted by Crippen LogP contribution is 2.21. The molecule has 5 nitrogen and oxygen atoms in total. The second-order valence-electron chi connectivity index (χ2n) is 5.41. The average Bonchev–Trinajstić information content (AvgIpc) is 3.07. The number of aryl methyl sites for hydroxylation is 2. The second-order valence-corrected chi connectivity index (χ2v) is 5.84. The second kappa shape index (κ2) is 6.84. The van der Waals surface area contributed by atoms with Gasteiger partial charge in [0.25, 0.3) is 5.91 Å². The summed E-state index contributed by atoms with van der Waals surface area (Å²) in [4.78, 5) is 16.6. The Labute approximate surface area is 145 Å². The summed E-state index contributed by atoms with van der Waals surface area (Å²) >= 11 is 5.88. The molecule has 3 rings (SSSR count). The molecular weight excluding hydrogens is 324 g/mol. The third kappa shape index (κ3) is 3.31. The summed E-state index contributed by atoms with van der Waals surface area (Å²) in [5.41, 5.74) is 3.71. The van der Waals surface area contributed by atoms with Crippen LogP contribution in [0.15, 0.2) is 48.8 Å². The van der Waals surface area contributed by atoms with E-state index < -0.39 is 0 Å². The van der Waals surface area contributed by atoms with Crippen LogP contribution >= 0.6 is 11.6 Å². The molecule has 1 N–H and O–H groups in total.